The van der Waals surface area contributed by atoms with Crippen molar-refractivity contribution in [2.24, 2.45) is 5.92 Å². The van der Waals surface area contributed by atoms with Crippen LogP contribution >= 0.6 is 11.6 Å². The van der Waals surface area contributed by atoms with Gasteiger partial charge in [-0.05, 0) is 25.7 Å². The van der Waals surface area contributed by atoms with Gasteiger partial charge in [-0.15, -0.1) is 0 Å². The minimum atomic E-state index is 0.283. The number of nitrogens with two attached hydrogens (primary N) is 1. The number of aromatic nitrogens is 2. The summed E-state index contributed by atoms with van der Waals surface area (Å²) in [4.78, 5) is 10.3. The predicted molar refractivity (Wildman–Crippen MR) is 66.7 cm³/mol. The molecule has 2 atom stereocenters. The second kappa shape index (κ2) is 4.45. The molecule has 0 aliphatic carbocycles. The molecule has 2 heterocycles. The molecule has 0 saturated carbocycles. The van der Waals surface area contributed by atoms with Gasteiger partial charge in [0.15, 0.2) is 5.82 Å². The Morgan fingerprint density at radius 2 is 2.25 bits per heavy atom. The summed E-state index contributed by atoms with van der Waals surface area (Å²) in [6.07, 6.45) is 3.91. The fourth-order valence-corrected chi connectivity index (χ4v) is 2.49. The SMILES string of the molecule is CC1CCN(c2nc(N)ncc2Cl)C(C)C1. The summed E-state index contributed by atoms with van der Waals surface area (Å²) in [5.41, 5.74) is 5.60. The van der Waals surface area contributed by atoms with Crippen molar-refractivity contribution in [2.75, 3.05) is 17.2 Å². The maximum absolute atomic E-state index is 6.11. The van der Waals surface area contributed by atoms with Crippen molar-refractivity contribution in [3.05, 3.63) is 11.2 Å². The molecule has 88 valence electrons. The van der Waals surface area contributed by atoms with E-state index in [2.05, 4.69) is 28.7 Å². The lowest BCUT2D eigenvalue weighted by atomic mass is 9.93. The van der Waals surface area contributed by atoms with Crippen molar-refractivity contribution in [3.8, 4) is 0 Å². The monoisotopic (exact) mass is 240 g/mol. The first-order chi connectivity index (χ1) is 7.58. The predicted octanol–water partition coefficient (Wildman–Crippen LogP) is 2.34. The third-order valence-corrected chi connectivity index (χ3v) is 3.42. The number of rotatable bonds is 1. The van der Waals surface area contributed by atoms with E-state index in [0.29, 0.717) is 11.1 Å². The second-order valence-electron chi connectivity index (χ2n) is 4.57. The van der Waals surface area contributed by atoms with E-state index in [0.717, 1.165) is 18.3 Å². The molecule has 1 fully saturated rings. The van der Waals surface area contributed by atoms with Crippen molar-refractivity contribution in [2.45, 2.75) is 32.7 Å². The Labute approximate surface area is 101 Å². The fraction of sp³-hybridized carbons (Fsp3) is 0.636. The Hall–Kier alpha value is -1.03. The Morgan fingerprint density at radius 1 is 1.50 bits per heavy atom. The van der Waals surface area contributed by atoms with Crippen LogP contribution in [0.5, 0.6) is 0 Å². The van der Waals surface area contributed by atoms with E-state index >= 15 is 0 Å². The van der Waals surface area contributed by atoms with Gasteiger partial charge >= 0.3 is 0 Å². The van der Waals surface area contributed by atoms with Crippen LogP contribution in [0.1, 0.15) is 26.7 Å². The van der Waals surface area contributed by atoms with Gasteiger partial charge in [-0.2, -0.15) is 4.98 Å². The highest BCUT2D eigenvalue weighted by Crippen LogP contribution is 2.30. The van der Waals surface area contributed by atoms with Crippen LogP contribution in [0.2, 0.25) is 5.02 Å². The largest absolute Gasteiger partial charge is 0.368 e. The smallest absolute Gasteiger partial charge is 0.222 e. The average molecular weight is 241 g/mol. The third kappa shape index (κ3) is 2.21. The van der Waals surface area contributed by atoms with Crippen molar-refractivity contribution in [1.29, 1.82) is 0 Å². The maximum Gasteiger partial charge on any atom is 0.222 e. The number of nitrogen functional groups attached to an aromatic ring is 1. The topological polar surface area (TPSA) is 55.0 Å². The van der Waals surface area contributed by atoms with E-state index in [-0.39, 0.29) is 5.95 Å². The fourth-order valence-electron chi connectivity index (χ4n) is 2.29. The van der Waals surface area contributed by atoms with Crippen LogP contribution in [-0.2, 0) is 0 Å². The van der Waals surface area contributed by atoms with E-state index in [4.69, 9.17) is 17.3 Å². The minimum absolute atomic E-state index is 0.283. The number of nitrogens with zero attached hydrogens (tertiary/aromatic N) is 3. The molecule has 1 aliphatic rings. The van der Waals surface area contributed by atoms with Crippen LogP contribution in [0.4, 0.5) is 11.8 Å². The zero-order valence-electron chi connectivity index (χ0n) is 9.65. The minimum Gasteiger partial charge on any atom is -0.368 e. The maximum atomic E-state index is 6.11. The van der Waals surface area contributed by atoms with Gasteiger partial charge in [0.2, 0.25) is 5.95 Å². The quantitative estimate of drug-likeness (QED) is 0.819. The van der Waals surface area contributed by atoms with Gasteiger partial charge in [0, 0.05) is 12.6 Å². The molecule has 1 saturated heterocycles. The van der Waals surface area contributed by atoms with E-state index in [1.807, 2.05) is 0 Å². The van der Waals surface area contributed by atoms with Gasteiger partial charge < -0.3 is 10.6 Å². The average Bonchev–Trinajstić information content (AvgIpc) is 2.22. The highest BCUT2D eigenvalue weighted by molar-refractivity contribution is 6.32. The Morgan fingerprint density at radius 3 is 2.94 bits per heavy atom. The van der Waals surface area contributed by atoms with E-state index in [1.54, 1.807) is 6.20 Å². The van der Waals surface area contributed by atoms with Crippen LogP contribution in [0.3, 0.4) is 0 Å². The summed E-state index contributed by atoms with van der Waals surface area (Å²) in [5.74, 6) is 1.82. The van der Waals surface area contributed by atoms with Crippen LogP contribution in [0.15, 0.2) is 6.20 Å². The molecular weight excluding hydrogens is 224 g/mol. The lowest BCUT2D eigenvalue weighted by molar-refractivity contribution is 0.376. The van der Waals surface area contributed by atoms with Gasteiger partial charge in [0.05, 0.1) is 6.20 Å². The second-order valence-corrected chi connectivity index (χ2v) is 4.98. The Balaban J connectivity index is 2.26. The zero-order valence-corrected chi connectivity index (χ0v) is 10.4. The molecule has 0 amide bonds. The molecule has 0 bridgehead atoms. The summed E-state index contributed by atoms with van der Waals surface area (Å²) in [6.45, 7) is 5.46. The first-order valence-corrected chi connectivity index (χ1v) is 6.00. The molecule has 1 aliphatic heterocycles. The molecule has 0 spiro atoms. The molecule has 4 nitrogen and oxygen atoms in total. The van der Waals surface area contributed by atoms with Gasteiger partial charge in [-0.3, -0.25) is 0 Å². The van der Waals surface area contributed by atoms with Crippen LogP contribution in [-0.4, -0.2) is 22.6 Å². The first kappa shape index (κ1) is 11.5. The van der Waals surface area contributed by atoms with Crippen molar-refractivity contribution in [1.82, 2.24) is 9.97 Å². The summed E-state index contributed by atoms with van der Waals surface area (Å²) in [5, 5.41) is 0.579. The van der Waals surface area contributed by atoms with Gasteiger partial charge in [0.1, 0.15) is 5.02 Å². The first-order valence-electron chi connectivity index (χ1n) is 5.62. The third-order valence-electron chi connectivity index (χ3n) is 3.15. The van der Waals surface area contributed by atoms with Gasteiger partial charge in [-0.25, -0.2) is 4.98 Å². The molecule has 0 aromatic carbocycles. The molecule has 16 heavy (non-hydrogen) atoms. The molecule has 2 N–H and O–H groups in total. The standard InChI is InChI=1S/C11H17ClN4/c1-7-3-4-16(8(2)5-7)10-9(12)6-14-11(13)15-10/h6-8H,3-5H2,1-2H3,(H2,13,14,15). The summed E-state index contributed by atoms with van der Waals surface area (Å²) in [6, 6.07) is 0.454. The highest BCUT2D eigenvalue weighted by atomic mass is 35.5. The van der Waals surface area contributed by atoms with E-state index in [9.17, 15) is 0 Å². The van der Waals surface area contributed by atoms with Gasteiger partial charge in [-0.1, -0.05) is 18.5 Å². The van der Waals surface area contributed by atoms with E-state index in [1.165, 1.54) is 12.8 Å². The molecule has 1 aromatic rings. The Bertz CT molecular complexity index is 382. The van der Waals surface area contributed by atoms with Crippen molar-refractivity contribution >= 4 is 23.4 Å². The molecule has 0 radical (unpaired) electrons. The number of hydrogen-bond acceptors (Lipinski definition) is 4. The van der Waals surface area contributed by atoms with Crippen molar-refractivity contribution < 1.29 is 0 Å². The van der Waals surface area contributed by atoms with Crippen LogP contribution in [0, 0.1) is 5.92 Å². The summed E-state index contributed by atoms with van der Waals surface area (Å²) >= 11 is 6.11. The normalized spacial score (nSPS) is 25.8. The lowest BCUT2D eigenvalue weighted by Gasteiger charge is -2.37. The highest BCUT2D eigenvalue weighted by Gasteiger charge is 2.25. The van der Waals surface area contributed by atoms with Crippen LogP contribution in [0.25, 0.3) is 0 Å². The van der Waals surface area contributed by atoms with E-state index < -0.39 is 0 Å². The lowest BCUT2D eigenvalue weighted by Crippen LogP contribution is -2.41. The molecule has 2 unspecified atom stereocenters. The number of hydrogen-bond donors (Lipinski definition) is 1. The number of piperidine rings is 1. The van der Waals surface area contributed by atoms with Crippen molar-refractivity contribution in [3.63, 3.8) is 0 Å². The number of anilines is 2. The number of halogens is 1. The Kier molecular flexibility index (Phi) is 3.19. The molecular formula is C11H17ClN4. The zero-order chi connectivity index (χ0) is 11.7. The van der Waals surface area contributed by atoms with Crippen LogP contribution < -0.4 is 10.6 Å². The molecule has 5 heteroatoms. The van der Waals surface area contributed by atoms with Gasteiger partial charge in [0.25, 0.3) is 0 Å². The summed E-state index contributed by atoms with van der Waals surface area (Å²) in [7, 11) is 0. The molecule has 2 rings (SSSR count). The molecule has 1 aromatic heterocycles. The summed E-state index contributed by atoms with van der Waals surface area (Å²) < 4.78 is 0.